The number of benzene rings is 1. The molecule has 0 bridgehead atoms. The van der Waals surface area contributed by atoms with Crippen LogP contribution in [0.1, 0.15) is 51.0 Å². The number of hydrogen-bond acceptors (Lipinski definition) is 2. The molecular weight excluding hydrogens is 298 g/mol. The van der Waals surface area contributed by atoms with E-state index in [1.807, 2.05) is 18.0 Å². The van der Waals surface area contributed by atoms with Gasteiger partial charge in [-0.25, -0.2) is 4.98 Å². The first-order chi connectivity index (χ1) is 11.5. The van der Waals surface area contributed by atoms with Gasteiger partial charge in [-0.1, -0.05) is 50.6 Å². The predicted molar refractivity (Wildman–Crippen MR) is 96.5 cm³/mol. The Bertz CT molecular complexity index is 702. The molecule has 0 spiro atoms. The molecule has 24 heavy (non-hydrogen) atoms. The Morgan fingerprint density at radius 2 is 1.96 bits per heavy atom. The maximum Gasteiger partial charge on any atom is 0.226 e. The molecule has 1 N–H and O–H groups in total. The molecule has 1 amide bonds. The van der Waals surface area contributed by atoms with E-state index in [2.05, 4.69) is 55.0 Å². The molecule has 1 aromatic carbocycles. The Morgan fingerprint density at radius 1 is 1.25 bits per heavy atom. The third-order valence-corrected chi connectivity index (χ3v) is 5.20. The predicted octanol–water partition coefficient (Wildman–Crippen LogP) is 4.34. The normalized spacial score (nSPS) is 19.0. The van der Waals surface area contributed by atoms with Crippen LogP contribution in [-0.4, -0.2) is 27.3 Å². The summed E-state index contributed by atoms with van der Waals surface area (Å²) in [6.45, 7) is 9.16. The van der Waals surface area contributed by atoms with Gasteiger partial charge >= 0.3 is 0 Å². The second-order valence-corrected chi connectivity index (χ2v) is 7.27. The highest BCUT2D eigenvalue weighted by atomic mass is 16.2. The number of amides is 1. The summed E-state index contributed by atoms with van der Waals surface area (Å²) >= 11 is 0. The molecule has 2 atom stereocenters. The molecule has 1 aliphatic rings. The van der Waals surface area contributed by atoms with Crippen LogP contribution in [0.4, 0.5) is 0 Å². The molecule has 0 unspecified atom stereocenters. The maximum absolute atomic E-state index is 12.8. The van der Waals surface area contributed by atoms with Crippen molar-refractivity contribution in [1.82, 2.24) is 14.9 Å². The average Bonchev–Trinajstić information content (AvgIpc) is 3.22. The summed E-state index contributed by atoms with van der Waals surface area (Å²) in [5.74, 6) is 1.57. The molecular formula is C20H27N3O. The van der Waals surface area contributed by atoms with Crippen molar-refractivity contribution in [3.8, 4) is 11.3 Å². The lowest BCUT2D eigenvalue weighted by Crippen LogP contribution is -2.36. The van der Waals surface area contributed by atoms with E-state index in [-0.39, 0.29) is 17.9 Å². The maximum atomic E-state index is 12.8. The van der Waals surface area contributed by atoms with Crippen LogP contribution in [0.2, 0.25) is 0 Å². The van der Waals surface area contributed by atoms with Crippen LogP contribution in [-0.2, 0) is 4.79 Å². The summed E-state index contributed by atoms with van der Waals surface area (Å²) in [6.07, 6.45) is 3.91. The van der Waals surface area contributed by atoms with E-state index < -0.39 is 0 Å². The fourth-order valence-electron chi connectivity index (χ4n) is 3.25. The third-order valence-electron chi connectivity index (χ3n) is 5.20. The van der Waals surface area contributed by atoms with Gasteiger partial charge < -0.3 is 9.88 Å². The van der Waals surface area contributed by atoms with Gasteiger partial charge in [0.2, 0.25) is 5.91 Å². The van der Waals surface area contributed by atoms with E-state index in [9.17, 15) is 4.79 Å². The van der Waals surface area contributed by atoms with Crippen molar-refractivity contribution in [2.45, 2.75) is 46.6 Å². The summed E-state index contributed by atoms with van der Waals surface area (Å²) < 4.78 is 0. The number of aromatic amines is 1. The Kier molecular flexibility index (Phi) is 4.74. The average molecular weight is 325 g/mol. The molecule has 3 rings (SSSR count). The van der Waals surface area contributed by atoms with E-state index in [0.29, 0.717) is 5.92 Å². The number of likely N-dealkylation sites (tertiary alicyclic amines) is 1. The van der Waals surface area contributed by atoms with Crippen molar-refractivity contribution >= 4 is 5.91 Å². The lowest BCUT2D eigenvalue weighted by molar-refractivity contribution is -0.137. The highest BCUT2D eigenvalue weighted by Gasteiger charge is 2.34. The molecule has 4 heteroatoms. The quantitative estimate of drug-likeness (QED) is 0.909. The number of aromatic nitrogens is 2. The van der Waals surface area contributed by atoms with Crippen LogP contribution >= 0.6 is 0 Å². The molecule has 1 aliphatic heterocycles. The number of carbonyl (C=O) groups is 1. The van der Waals surface area contributed by atoms with Crippen LogP contribution in [0.5, 0.6) is 0 Å². The van der Waals surface area contributed by atoms with Crippen LogP contribution in [0.3, 0.4) is 0 Å². The minimum absolute atomic E-state index is 0.0529. The molecule has 1 aromatic heterocycles. The van der Waals surface area contributed by atoms with Gasteiger partial charge in [0.15, 0.2) is 0 Å². The Hall–Kier alpha value is -2.10. The van der Waals surface area contributed by atoms with Gasteiger partial charge in [0, 0.05) is 12.5 Å². The number of H-pyrrole nitrogens is 1. The van der Waals surface area contributed by atoms with Gasteiger partial charge in [0.05, 0.1) is 17.9 Å². The second-order valence-electron chi connectivity index (χ2n) is 7.27. The first-order valence-corrected chi connectivity index (χ1v) is 8.89. The monoisotopic (exact) mass is 325 g/mol. The van der Waals surface area contributed by atoms with Crippen LogP contribution in [0, 0.1) is 18.8 Å². The second kappa shape index (κ2) is 6.80. The molecule has 0 radical (unpaired) electrons. The van der Waals surface area contributed by atoms with Gasteiger partial charge in [-0.3, -0.25) is 4.79 Å². The van der Waals surface area contributed by atoms with E-state index in [1.165, 1.54) is 5.56 Å². The Labute approximate surface area is 144 Å². The van der Waals surface area contributed by atoms with Crippen LogP contribution < -0.4 is 0 Å². The van der Waals surface area contributed by atoms with Gasteiger partial charge in [-0.05, 0) is 31.2 Å². The molecule has 0 aliphatic carbocycles. The van der Waals surface area contributed by atoms with Crippen molar-refractivity contribution in [3.63, 3.8) is 0 Å². The summed E-state index contributed by atoms with van der Waals surface area (Å²) in [5.41, 5.74) is 3.39. The smallest absolute Gasteiger partial charge is 0.226 e. The molecule has 2 aromatic rings. The van der Waals surface area contributed by atoms with E-state index in [0.717, 1.165) is 36.5 Å². The van der Waals surface area contributed by atoms with Crippen LogP contribution in [0.15, 0.2) is 30.5 Å². The van der Waals surface area contributed by atoms with Crippen LogP contribution in [0.25, 0.3) is 11.3 Å². The number of nitrogens with zero attached hydrogens (tertiary/aromatic N) is 2. The number of nitrogens with one attached hydrogen (secondary N) is 1. The topological polar surface area (TPSA) is 49.0 Å². The van der Waals surface area contributed by atoms with E-state index in [4.69, 9.17) is 0 Å². The first-order valence-electron chi connectivity index (χ1n) is 8.89. The molecule has 128 valence electrons. The van der Waals surface area contributed by atoms with E-state index >= 15 is 0 Å². The van der Waals surface area contributed by atoms with Gasteiger partial charge in [0.25, 0.3) is 0 Å². The fraction of sp³-hybridized carbons (Fsp3) is 0.500. The number of carbonyl (C=O) groups excluding carboxylic acids is 1. The lowest BCUT2D eigenvalue weighted by Gasteiger charge is -2.27. The standard InChI is InChI=1S/C20H27N3O/c1-13(2)15(4)20(24)23-11-5-6-18(23)19-21-12-17(22-19)16-9-7-14(3)8-10-16/h7-10,12-13,15,18H,5-6,11H2,1-4H3,(H,21,22)/t15-,18-/m0/s1. The lowest BCUT2D eigenvalue weighted by atomic mass is 9.96. The molecule has 1 saturated heterocycles. The fourth-order valence-corrected chi connectivity index (χ4v) is 3.25. The van der Waals surface area contributed by atoms with Gasteiger partial charge in [-0.15, -0.1) is 0 Å². The van der Waals surface area contributed by atoms with Gasteiger partial charge in [0.1, 0.15) is 5.82 Å². The SMILES string of the molecule is Cc1ccc(-c2cnc([C@@H]3CCCN3C(=O)[C@@H](C)C(C)C)[nH]2)cc1. The number of rotatable bonds is 4. The highest BCUT2D eigenvalue weighted by Crippen LogP contribution is 2.33. The van der Waals surface area contributed by atoms with Crippen molar-refractivity contribution in [2.75, 3.05) is 6.54 Å². The first kappa shape index (κ1) is 16.7. The number of aryl methyl sites for hydroxylation is 1. The minimum atomic E-state index is 0.0529. The van der Waals surface area contributed by atoms with Gasteiger partial charge in [-0.2, -0.15) is 0 Å². The number of imidazole rings is 1. The molecule has 4 nitrogen and oxygen atoms in total. The Balaban J connectivity index is 1.81. The summed E-state index contributed by atoms with van der Waals surface area (Å²) in [4.78, 5) is 22.8. The summed E-state index contributed by atoms with van der Waals surface area (Å²) in [7, 11) is 0. The molecule has 0 saturated carbocycles. The Morgan fingerprint density at radius 3 is 2.62 bits per heavy atom. The van der Waals surface area contributed by atoms with Crippen molar-refractivity contribution in [1.29, 1.82) is 0 Å². The third kappa shape index (κ3) is 3.23. The summed E-state index contributed by atoms with van der Waals surface area (Å²) in [6, 6.07) is 8.49. The van der Waals surface area contributed by atoms with Crippen molar-refractivity contribution < 1.29 is 4.79 Å². The largest absolute Gasteiger partial charge is 0.340 e. The van der Waals surface area contributed by atoms with E-state index in [1.54, 1.807) is 0 Å². The summed E-state index contributed by atoms with van der Waals surface area (Å²) in [5, 5.41) is 0. The minimum Gasteiger partial charge on any atom is -0.340 e. The van der Waals surface area contributed by atoms with Crippen molar-refractivity contribution in [2.24, 2.45) is 11.8 Å². The molecule has 1 fully saturated rings. The number of hydrogen-bond donors (Lipinski definition) is 1. The zero-order valence-corrected chi connectivity index (χ0v) is 15.0. The van der Waals surface area contributed by atoms with Crippen molar-refractivity contribution in [3.05, 3.63) is 41.9 Å². The highest BCUT2D eigenvalue weighted by molar-refractivity contribution is 5.79. The zero-order valence-electron chi connectivity index (χ0n) is 15.0. The zero-order chi connectivity index (χ0) is 17.3. The molecule has 2 heterocycles.